The van der Waals surface area contributed by atoms with Crippen molar-refractivity contribution in [2.75, 3.05) is 13.2 Å². The summed E-state index contributed by atoms with van der Waals surface area (Å²) >= 11 is 1.13. The summed E-state index contributed by atoms with van der Waals surface area (Å²) < 4.78 is 4.54. The molecule has 0 heterocycles. The molecule has 0 saturated carbocycles. The Bertz CT molecular complexity index is 41.2. The second-order valence-corrected chi connectivity index (χ2v) is 1.90. The van der Waals surface area contributed by atoms with Crippen LogP contribution < -0.4 is 0 Å². The monoisotopic (exact) mass is 278 g/mol. The fourth-order valence-corrected chi connectivity index (χ4v) is 0.648. The molecule has 7 heavy (non-hydrogen) atoms. The summed E-state index contributed by atoms with van der Waals surface area (Å²) in [5.74, 6) is 0. The quantitative estimate of drug-likeness (QED) is 0.683. The van der Waals surface area contributed by atoms with Crippen LogP contribution in [0.2, 0.25) is 0 Å². The molecule has 1 unspecified atom stereocenters. The minimum atomic E-state index is -0.704. The average Bonchev–Trinajstić information content (AvgIpc) is 1.68. The van der Waals surface area contributed by atoms with Crippen molar-refractivity contribution >= 4 is 0 Å². The first-order valence-electron chi connectivity index (χ1n) is 1.83. The van der Waals surface area contributed by atoms with Crippen molar-refractivity contribution in [3.05, 3.63) is 0 Å². The van der Waals surface area contributed by atoms with Crippen LogP contribution in [-0.4, -0.2) is 29.5 Å². The van der Waals surface area contributed by atoms with E-state index in [9.17, 15) is 0 Å². The Kier molecular flexibility index (Phi) is 5.06. The minimum absolute atomic E-state index is 0.219. The standard InChI is InChI=1S/C3H7O3.Re/c4-1-3(6)2-5;/h3-4,6H,1-2H2;/q-1;+1. The van der Waals surface area contributed by atoms with Gasteiger partial charge in [-0.3, -0.25) is 0 Å². The third-order valence-electron chi connectivity index (χ3n) is 0.466. The van der Waals surface area contributed by atoms with E-state index in [0.29, 0.717) is 0 Å². The summed E-state index contributed by atoms with van der Waals surface area (Å²) in [7, 11) is 0. The van der Waals surface area contributed by atoms with Crippen LogP contribution >= 0.6 is 0 Å². The first kappa shape index (κ1) is 7.54. The molecule has 3 nitrogen and oxygen atoms in total. The topological polar surface area (TPSA) is 49.7 Å². The number of hydrogen-bond acceptors (Lipinski definition) is 3. The molecule has 4 heteroatoms. The van der Waals surface area contributed by atoms with Crippen LogP contribution in [0.25, 0.3) is 0 Å². The number of hydrogen-bond donors (Lipinski definition) is 2. The van der Waals surface area contributed by atoms with E-state index in [1.807, 2.05) is 0 Å². The van der Waals surface area contributed by atoms with E-state index in [4.69, 9.17) is 10.2 Å². The van der Waals surface area contributed by atoms with E-state index < -0.39 is 6.10 Å². The molecule has 0 spiro atoms. The van der Waals surface area contributed by atoms with Gasteiger partial charge in [0.25, 0.3) is 0 Å². The summed E-state index contributed by atoms with van der Waals surface area (Å²) in [4.78, 5) is 0. The molecular formula is C3H7O3Re. The van der Waals surface area contributed by atoms with Crippen LogP contribution in [0.5, 0.6) is 0 Å². The predicted molar refractivity (Wildman–Crippen MR) is 19.0 cm³/mol. The first-order valence-corrected chi connectivity index (χ1v) is 2.94. The fraction of sp³-hybridized carbons (Fsp3) is 1.00. The normalized spacial score (nSPS) is 14.1. The molecule has 0 aliphatic rings. The van der Waals surface area contributed by atoms with E-state index in [-0.39, 0.29) is 13.2 Å². The predicted octanol–water partition coefficient (Wildman–Crippen LogP) is -1.18. The van der Waals surface area contributed by atoms with Gasteiger partial charge in [0.2, 0.25) is 0 Å². The van der Waals surface area contributed by atoms with Gasteiger partial charge in [0.1, 0.15) is 0 Å². The van der Waals surface area contributed by atoms with Gasteiger partial charge in [-0.05, 0) is 0 Å². The molecular weight excluding hydrogens is 270 g/mol. The van der Waals surface area contributed by atoms with Crippen molar-refractivity contribution in [2.45, 2.75) is 6.10 Å². The summed E-state index contributed by atoms with van der Waals surface area (Å²) in [6, 6.07) is 0. The van der Waals surface area contributed by atoms with Crippen molar-refractivity contribution in [2.24, 2.45) is 0 Å². The Morgan fingerprint density at radius 3 is 2.43 bits per heavy atom. The van der Waals surface area contributed by atoms with Gasteiger partial charge >= 0.3 is 52.6 Å². The summed E-state index contributed by atoms with van der Waals surface area (Å²) in [5.41, 5.74) is 0. The molecule has 0 fully saturated rings. The number of rotatable bonds is 3. The molecule has 0 aliphatic carbocycles. The molecule has 0 aromatic rings. The maximum atomic E-state index is 8.49. The zero-order valence-electron chi connectivity index (χ0n) is 3.67. The van der Waals surface area contributed by atoms with Gasteiger partial charge in [-0.2, -0.15) is 0 Å². The third-order valence-corrected chi connectivity index (χ3v) is 0.919. The van der Waals surface area contributed by atoms with Crippen LogP contribution in [-0.2, 0) is 23.0 Å². The van der Waals surface area contributed by atoms with E-state index in [0.717, 1.165) is 19.6 Å². The van der Waals surface area contributed by atoms with Gasteiger partial charge in [-0.25, -0.2) is 0 Å². The Labute approximate surface area is 53.1 Å². The Morgan fingerprint density at radius 1 is 1.71 bits per heavy atom. The SMILES string of the molecule is OCC(O)C[O][Re]. The van der Waals surface area contributed by atoms with Crippen LogP contribution in [0.4, 0.5) is 0 Å². The molecule has 0 rings (SSSR count). The molecule has 2 N–H and O–H groups in total. The maximum absolute atomic E-state index is 8.49. The van der Waals surface area contributed by atoms with Gasteiger partial charge in [0.15, 0.2) is 0 Å². The van der Waals surface area contributed by atoms with E-state index in [1.165, 1.54) is 0 Å². The van der Waals surface area contributed by atoms with Crippen molar-refractivity contribution in [1.82, 2.24) is 0 Å². The second-order valence-electron chi connectivity index (χ2n) is 1.11. The zero-order chi connectivity index (χ0) is 5.70. The van der Waals surface area contributed by atoms with Crippen LogP contribution in [0.15, 0.2) is 0 Å². The first-order chi connectivity index (χ1) is 3.31. The molecule has 0 aliphatic heterocycles. The summed E-state index contributed by atoms with van der Waals surface area (Å²) in [6.07, 6.45) is -0.704. The molecule has 44 valence electrons. The van der Waals surface area contributed by atoms with E-state index in [1.54, 1.807) is 0 Å². The molecule has 0 bridgehead atoms. The number of aliphatic hydroxyl groups excluding tert-OH is 2. The average molecular weight is 277 g/mol. The van der Waals surface area contributed by atoms with Gasteiger partial charge < -0.3 is 0 Å². The second kappa shape index (κ2) is 4.70. The van der Waals surface area contributed by atoms with Gasteiger partial charge in [0, 0.05) is 0 Å². The van der Waals surface area contributed by atoms with Crippen LogP contribution in [0.3, 0.4) is 0 Å². The molecule has 0 saturated heterocycles. The molecule has 0 amide bonds. The Morgan fingerprint density at radius 2 is 2.29 bits per heavy atom. The van der Waals surface area contributed by atoms with Crippen molar-refractivity contribution in [3.63, 3.8) is 0 Å². The van der Waals surface area contributed by atoms with Crippen LogP contribution in [0.1, 0.15) is 0 Å². The molecule has 0 aromatic carbocycles. The Hall–Kier alpha value is 0.542. The molecule has 0 aromatic heterocycles. The zero-order valence-corrected chi connectivity index (χ0v) is 6.39. The van der Waals surface area contributed by atoms with E-state index >= 15 is 0 Å². The summed E-state index contributed by atoms with van der Waals surface area (Å²) in [5, 5.41) is 16.6. The third kappa shape index (κ3) is 4.39. The van der Waals surface area contributed by atoms with Gasteiger partial charge in [-0.15, -0.1) is 0 Å². The van der Waals surface area contributed by atoms with Crippen molar-refractivity contribution in [1.29, 1.82) is 0 Å². The molecule has 0 radical (unpaired) electrons. The van der Waals surface area contributed by atoms with E-state index in [2.05, 4.69) is 3.46 Å². The molecule has 1 atom stereocenters. The number of aliphatic hydroxyl groups is 2. The summed E-state index contributed by atoms with van der Waals surface area (Å²) in [6.45, 7) is 0.0101. The Balaban J connectivity index is 2.83. The van der Waals surface area contributed by atoms with Gasteiger partial charge in [-0.1, -0.05) is 0 Å². The fourth-order valence-electron chi connectivity index (χ4n) is 0.125. The van der Waals surface area contributed by atoms with Crippen molar-refractivity contribution in [3.8, 4) is 0 Å². The van der Waals surface area contributed by atoms with Gasteiger partial charge in [0.05, 0.1) is 0 Å². The van der Waals surface area contributed by atoms with Crippen LogP contribution in [0, 0.1) is 0 Å². The van der Waals surface area contributed by atoms with Crippen molar-refractivity contribution < 1.29 is 33.2 Å².